The quantitative estimate of drug-likeness (QED) is 0.616. The van der Waals surface area contributed by atoms with Crippen molar-refractivity contribution in [3.63, 3.8) is 0 Å². The molecule has 1 aromatic rings. The van der Waals surface area contributed by atoms with Crippen LogP contribution in [0.5, 0.6) is 0 Å². The molecule has 0 radical (unpaired) electrons. The van der Waals surface area contributed by atoms with Crippen molar-refractivity contribution in [2.45, 2.75) is 12.8 Å². The van der Waals surface area contributed by atoms with E-state index in [1.54, 1.807) is 0 Å². The van der Waals surface area contributed by atoms with Gasteiger partial charge in [0, 0.05) is 5.02 Å². The van der Waals surface area contributed by atoms with Gasteiger partial charge in [0.25, 0.3) is 0 Å². The van der Waals surface area contributed by atoms with Crippen molar-refractivity contribution in [1.82, 2.24) is 0 Å². The van der Waals surface area contributed by atoms with E-state index in [0.717, 1.165) is 0 Å². The minimum absolute atomic E-state index is 0.185. The Morgan fingerprint density at radius 1 is 1.26 bits per heavy atom. The van der Waals surface area contributed by atoms with Crippen molar-refractivity contribution in [3.05, 3.63) is 34.6 Å². The Labute approximate surface area is 115 Å². The Balaban J connectivity index is 2.76. The van der Waals surface area contributed by atoms with E-state index < -0.39 is 23.7 Å². The molecule has 0 fully saturated rings. The van der Waals surface area contributed by atoms with E-state index in [0.29, 0.717) is 12.0 Å². The van der Waals surface area contributed by atoms with Crippen LogP contribution in [0.1, 0.15) is 12.0 Å². The summed E-state index contributed by atoms with van der Waals surface area (Å²) in [7, 11) is 2.40. The van der Waals surface area contributed by atoms with Gasteiger partial charge in [-0.1, -0.05) is 17.7 Å². The highest BCUT2D eigenvalue weighted by Gasteiger charge is 2.28. The molecule has 0 atom stereocenters. The topological polar surface area (TPSA) is 52.6 Å². The van der Waals surface area contributed by atoms with Gasteiger partial charge in [-0.3, -0.25) is 9.59 Å². The molecule has 1 rings (SSSR count). The van der Waals surface area contributed by atoms with Gasteiger partial charge in [-0.15, -0.1) is 0 Å². The van der Waals surface area contributed by atoms with Crippen molar-refractivity contribution in [2.75, 3.05) is 14.2 Å². The molecule has 0 bridgehead atoms. The molecule has 0 N–H and O–H groups in total. The van der Waals surface area contributed by atoms with Crippen LogP contribution in [0.3, 0.4) is 0 Å². The van der Waals surface area contributed by atoms with E-state index in [-0.39, 0.29) is 11.4 Å². The lowest BCUT2D eigenvalue weighted by atomic mass is 9.99. The van der Waals surface area contributed by atoms with Gasteiger partial charge in [0.1, 0.15) is 5.82 Å². The van der Waals surface area contributed by atoms with E-state index in [1.165, 1.54) is 32.4 Å². The number of carbonyl (C=O) groups is 2. The number of rotatable bonds is 5. The van der Waals surface area contributed by atoms with Crippen LogP contribution in [0, 0.1) is 11.7 Å². The maximum Gasteiger partial charge on any atom is 0.320 e. The van der Waals surface area contributed by atoms with Gasteiger partial charge >= 0.3 is 11.9 Å². The van der Waals surface area contributed by atoms with Crippen LogP contribution < -0.4 is 0 Å². The van der Waals surface area contributed by atoms with Crippen molar-refractivity contribution >= 4 is 23.5 Å². The largest absolute Gasteiger partial charge is 0.468 e. The zero-order valence-electron chi connectivity index (χ0n) is 10.6. The Bertz CT molecular complexity index is 460. The first-order valence-electron chi connectivity index (χ1n) is 5.59. The van der Waals surface area contributed by atoms with Gasteiger partial charge < -0.3 is 9.47 Å². The molecule has 0 saturated carbocycles. The van der Waals surface area contributed by atoms with Crippen molar-refractivity contribution < 1.29 is 23.5 Å². The lowest BCUT2D eigenvalue weighted by molar-refractivity contribution is -0.159. The Hall–Kier alpha value is -1.62. The van der Waals surface area contributed by atoms with Gasteiger partial charge in [0.05, 0.1) is 14.2 Å². The molecule has 0 aromatic heterocycles. The first-order chi connectivity index (χ1) is 8.99. The van der Waals surface area contributed by atoms with Gasteiger partial charge in [-0.25, -0.2) is 4.39 Å². The lowest BCUT2D eigenvalue weighted by Crippen LogP contribution is -2.27. The normalized spacial score (nSPS) is 10.4. The van der Waals surface area contributed by atoms with Gasteiger partial charge in [-0.05, 0) is 30.5 Å². The number of carbonyl (C=O) groups excluding carboxylic acids is 2. The average molecular weight is 289 g/mol. The number of methoxy groups -OCH3 is 2. The van der Waals surface area contributed by atoms with Crippen molar-refractivity contribution in [2.24, 2.45) is 5.92 Å². The van der Waals surface area contributed by atoms with Crippen LogP contribution in [0.4, 0.5) is 4.39 Å². The predicted octanol–water partition coefficient (Wildman–Crippen LogP) is 2.37. The first kappa shape index (κ1) is 15.4. The van der Waals surface area contributed by atoms with Gasteiger partial charge in [-0.2, -0.15) is 0 Å². The third kappa shape index (κ3) is 4.21. The lowest BCUT2D eigenvalue weighted by Gasteiger charge is -2.12. The van der Waals surface area contributed by atoms with Crippen LogP contribution in [-0.2, 0) is 25.5 Å². The summed E-state index contributed by atoms with van der Waals surface area (Å²) in [6.07, 6.45) is 0.526. The average Bonchev–Trinajstić information content (AvgIpc) is 2.40. The maximum atomic E-state index is 12.9. The highest BCUT2D eigenvalue weighted by atomic mass is 35.5. The number of benzene rings is 1. The van der Waals surface area contributed by atoms with E-state index in [1.807, 2.05) is 0 Å². The first-order valence-corrected chi connectivity index (χ1v) is 5.97. The number of hydrogen-bond acceptors (Lipinski definition) is 4. The van der Waals surface area contributed by atoms with E-state index in [4.69, 9.17) is 11.6 Å². The predicted molar refractivity (Wildman–Crippen MR) is 67.3 cm³/mol. The third-order valence-electron chi connectivity index (χ3n) is 2.69. The third-order valence-corrected chi connectivity index (χ3v) is 3.04. The maximum absolute atomic E-state index is 12.9. The minimum Gasteiger partial charge on any atom is -0.468 e. The summed E-state index contributed by atoms with van der Waals surface area (Å²) in [6, 6.07) is 3.97. The molecule has 0 heterocycles. The fourth-order valence-electron chi connectivity index (χ4n) is 1.64. The molecule has 0 unspecified atom stereocenters. The molecule has 104 valence electrons. The molecule has 0 aliphatic carbocycles. The Kier molecular flexibility index (Phi) is 5.76. The van der Waals surface area contributed by atoms with Crippen LogP contribution >= 0.6 is 11.6 Å². The molecule has 0 spiro atoms. The number of esters is 2. The summed E-state index contributed by atoms with van der Waals surface area (Å²) in [5.74, 6) is -2.77. The van der Waals surface area contributed by atoms with Crippen LogP contribution in [0.2, 0.25) is 5.02 Å². The summed E-state index contributed by atoms with van der Waals surface area (Å²) < 4.78 is 22.0. The van der Waals surface area contributed by atoms with Crippen molar-refractivity contribution in [1.29, 1.82) is 0 Å². The summed E-state index contributed by atoms with van der Waals surface area (Å²) in [4.78, 5) is 22.9. The van der Waals surface area contributed by atoms with Gasteiger partial charge in [0.2, 0.25) is 0 Å². The van der Waals surface area contributed by atoms with E-state index >= 15 is 0 Å². The molecular formula is C13H14ClFO4. The molecular weight excluding hydrogens is 275 g/mol. The Morgan fingerprint density at radius 2 is 1.84 bits per heavy atom. The number of aryl methyl sites for hydroxylation is 1. The number of hydrogen-bond donors (Lipinski definition) is 0. The second-order valence-electron chi connectivity index (χ2n) is 3.87. The van der Waals surface area contributed by atoms with Crippen LogP contribution in [-0.4, -0.2) is 26.2 Å². The second-order valence-corrected chi connectivity index (χ2v) is 4.28. The Morgan fingerprint density at radius 3 is 2.32 bits per heavy atom. The number of ether oxygens (including phenoxy) is 2. The fraction of sp³-hybridized carbons (Fsp3) is 0.385. The highest BCUT2D eigenvalue weighted by molar-refractivity contribution is 6.31. The summed E-state index contributed by atoms with van der Waals surface area (Å²) >= 11 is 5.87. The molecule has 1 aromatic carbocycles. The zero-order chi connectivity index (χ0) is 14.4. The van der Waals surface area contributed by atoms with E-state index in [9.17, 15) is 14.0 Å². The SMILES string of the molecule is COC(=O)C(CCc1ccc(F)cc1Cl)C(=O)OC. The molecule has 0 saturated heterocycles. The van der Waals surface area contributed by atoms with E-state index in [2.05, 4.69) is 9.47 Å². The molecule has 0 aliphatic rings. The van der Waals surface area contributed by atoms with Crippen LogP contribution in [0.15, 0.2) is 18.2 Å². The number of halogens is 2. The molecule has 0 aliphatic heterocycles. The smallest absolute Gasteiger partial charge is 0.320 e. The molecule has 4 nitrogen and oxygen atoms in total. The molecule has 19 heavy (non-hydrogen) atoms. The summed E-state index contributed by atoms with van der Waals surface area (Å²) in [5, 5.41) is 0.258. The zero-order valence-corrected chi connectivity index (χ0v) is 11.4. The standard InChI is InChI=1S/C13H14ClFO4/c1-18-12(16)10(13(17)19-2)6-4-8-3-5-9(15)7-11(8)14/h3,5,7,10H,4,6H2,1-2H3. The van der Waals surface area contributed by atoms with Crippen molar-refractivity contribution in [3.8, 4) is 0 Å². The van der Waals surface area contributed by atoms with Crippen LogP contribution in [0.25, 0.3) is 0 Å². The summed E-state index contributed by atoms with van der Waals surface area (Å²) in [5.41, 5.74) is 0.654. The summed E-state index contributed by atoms with van der Waals surface area (Å²) in [6.45, 7) is 0. The second kappa shape index (κ2) is 7.09. The minimum atomic E-state index is -1.00. The molecule has 0 amide bonds. The highest BCUT2D eigenvalue weighted by Crippen LogP contribution is 2.21. The van der Waals surface area contributed by atoms with Gasteiger partial charge in [0.15, 0.2) is 5.92 Å². The fourth-order valence-corrected chi connectivity index (χ4v) is 1.90. The molecule has 6 heteroatoms. The monoisotopic (exact) mass is 288 g/mol.